The summed E-state index contributed by atoms with van der Waals surface area (Å²) in [7, 11) is 0. The summed E-state index contributed by atoms with van der Waals surface area (Å²) in [6.07, 6.45) is 0. The lowest BCUT2D eigenvalue weighted by Crippen LogP contribution is -2.05. The molecule has 0 saturated carbocycles. The third kappa shape index (κ3) is 9.47. The molecule has 112 heavy (non-hydrogen) atoms. The van der Waals surface area contributed by atoms with Gasteiger partial charge in [-0.2, -0.15) is 42.1 Å². The van der Waals surface area contributed by atoms with Crippen LogP contribution in [0, 0.1) is 90.6 Å². The molecule has 0 atom stereocenters. The van der Waals surface area contributed by atoms with Gasteiger partial charge in [-0.15, -0.1) is 11.3 Å². The second-order valence-electron chi connectivity index (χ2n) is 27.4. The van der Waals surface area contributed by atoms with E-state index in [-0.39, 0.29) is 27.8 Å². The number of para-hydroxylation sites is 8. The largest absolute Gasteiger partial charge is 0.309 e. The summed E-state index contributed by atoms with van der Waals surface area (Å²) < 4.78 is 12.8. The topological polar surface area (TPSA) is 215 Å². The SMILES string of the molecule is N#Cc1cc(-c2cc(C#N)c(-n3c4ccccc4c4c5c6ccccc6n(-c6ccccc6)c5ccc43)c(C#N)c2C#N)ccc1-n1c2ccccc2c2ccccc21.N#Cc1cc(-n2c3ccccc3c3ccccc32)c(C#N)cc1-c1cc(C#N)c(-n2c3ccccc3c3c4sc5ccccc5c4ccc32)cc1C#N. The highest BCUT2D eigenvalue weighted by molar-refractivity contribution is 7.26. The summed E-state index contributed by atoms with van der Waals surface area (Å²) in [6.45, 7) is 0. The van der Waals surface area contributed by atoms with Crippen LogP contribution in [-0.4, -0.2) is 22.8 Å². The summed E-state index contributed by atoms with van der Waals surface area (Å²) in [4.78, 5) is 0. The molecule has 13 nitrogen and oxygen atoms in total. The minimum Gasteiger partial charge on any atom is -0.309 e. The van der Waals surface area contributed by atoms with E-state index in [1.165, 1.54) is 20.2 Å². The van der Waals surface area contributed by atoms with Crippen molar-refractivity contribution >= 4 is 141 Å². The highest BCUT2D eigenvalue weighted by atomic mass is 32.1. The van der Waals surface area contributed by atoms with Crippen molar-refractivity contribution in [2.24, 2.45) is 0 Å². The molecule has 512 valence electrons. The number of aromatic nitrogens is 5. The van der Waals surface area contributed by atoms with Crippen molar-refractivity contribution in [1.29, 1.82) is 42.1 Å². The molecule has 0 bridgehead atoms. The van der Waals surface area contributed by atoms with E-state index in [0.29, 0.717) is 61.7 Å². The second kappa shape index (κ2) is 25.6. The molecule has 14 heteroatoms. The smallest absolute Gasteiger partial charge is 0.103 e. The first-order valence-corrected chi connectivity index (χ1v) is 36.8. The zero-order valence-corrected chi connectivity index (χ0v) is 59.8. The Morgan fingerprint density at radius 2 is 0.589 bits per heavy atom. The number of hydrogen-bond acceptors (Lipinski definition) is 9. The monoisotopic (exact) mass is 1440 g/mol. The summed E-state index contributed by atoms with van der Waals surface area (Å²) in [6, 6.07) is 117. The van der Waals surface area contributed by atoms with Crippen LogP contribution in [0.1, 0.15) is 44.5 Å². The van der Waals surface area contributed by atoms with Crippen LogP contribution < -0.4 is 0 Å². The van der Waals surface area contributed by atoms with Gasteiger partial charge in [0.05, 0.1) is 135 Å². The van der Waals surface area contributed by atoms with Crippen molar-refractivity contribution in [1.82, 2.24) is 22.8 Å². The summed E-state index contributed by atoms with van der Waals surface area (Å²) in [5, 5.41) is 98.7. The third-order valence-electron chi connectivity index (χ3n) is 21.9. The van der Waals surface area contributed by atoms with Gasteiger partial charge in [0.15, 0.2) is 0 Å². The number of benzene rings is 15. The highest BCUT2D eigenvalue weighted by Gasteiger charge is 2.29. The maximum Gasteiger partial charge on any atom is 0.103 e. The first-order chi connectivity index (χ1) is 55.3. The van der Waals surface area contributed by atoms with E-state index in [1.54, 1.807) is 47.7 Å². The predicted octanol–water partition coefficient (Wildman–Crippen LogP) is 23.5. The van der Waals surface area contributed by atoms with Gasteiger partial charge >= 0.3 is 0 Å². The van der Waals surface area contributed by atoms with E-state index in [9.17, 15) is 42.1 Å². The van der Waals surface area contributed by atoms with Crippen LogP contribution in [0.2, 0.25) is 0 Å². The second-order valence-corrected chi connectivity index (χ2v) is 28.5. The van der Waals surface area contributed by atoms with E-state index < -0.39 is 0 Å². The molecule has 0 aliphatic rings. The lowest BCUT2D eigenvalue weighted by molar-refractivity contribution is 1.15. The number of nitrogens with zero attached hydrogens (tertiary/aromatic N) is 13. The average molecular weight is 1440 g/mol. The molecular formula is C98H49N13S. The maximum atomic E-state index is 11.0. The van der Waals surface area contributed by atoms with Gasteiger partial charge in [-0.05, 0) is 127 Å². The van der Waals surface area contributed by atoms with Crippen molar-refractivity contribution in [3.63, 3.8) is 0 Å². The van der Waals surface area contributed by atoms with Gasteiger partial charge in [-0.1, -0.05) is 176 Å². The molecule has 6 heterocycles. The molecule has 0 aliphatic heterocycles. The van der Waals surface area contributed by atoms with Gasteiger partial charge < -0.3 is 22.8 Å². The molecule has 21 aromatic rings. The van der Waals surface area contributed by atoms with Crippen molar-refractivity contribution < 1.29 is 0 Å². The van der Waals surface area contributed by atoms with Crippen LogP contribution in [-0.2, 0) is 0 Å². The minimum absolute atomic E-state index is 0.0843. The van der Waals surface area contributed by atoms with Crippen molar-refractivity contribution in [3.8, 4) is 99.2 Å². The Kier molecular flexibility index (Phi) is 14.9. The molecule has 0 fully saturated rings. The molecule has 0 unspecified atom stereocenters. The van der Waals surface area contributed by atoms with E-state index >= 15 is 0 Å². The molecular weight excluding hydrogens is 1390 g/mol. The van der Waals surface area contributed by atoms with E-state index in [1.807, 2.05) is 179 Å². The fraction of sp³-hybridized carbons (Fsp3) is 0. The Bertz CT molecular complexity index is 8030. The van der Waals surface area contributed by atoms with Gasteiger partial charge in [0, 0.05) is 96.4 Å². The van der Waals surface area contributed by atoms with E-state index in [0.717, 1.165) is 115 Å². The molecule has 0 N–H and O–H groups in total. The molecule has 0 radical (unpaired) electrons. The number of hydrogen-bond donors (Lipinski definition) is 0. The first kappa shape index (κ1) is 65.0. The number of fused-ring (bicyclic) bond motifs is 20. The van der Waals surface area contributed by atoms with E-state index in [2.05, 4.69) is 153 Å². The Morgan fingerprint density at radius 3 is 1.08 bits per heavy atom. The number of thiophene rings is 1. The zero-order chi connectivity index (χ0) is 75.6. The van der Waals surface area contributed by atoms with Crippen LogP contribution in [0.15, 0.2) is 297 Å². The van der Waals surface area contributed by atoms with Crippen molar-refractivity contribution in [2.75, 3.05) is 0 Å². The van der Waals surface area contributed by atoms with Gasteiger partial charge in [-0.25, -0.2) is 0 Å². The average Bonchev–Trinajstić information content (AvgIpc) is 1.54. The van der Waals surface area contributed by atoms with Gasteiger partial charge in [0.2, 0.25) is 0 Å². The van der Waals surface area contributed by atoms with Crippen LogP contribution in [0.25, 0.3) is 180 Å². The summed E-state index contributed by atoms with van der Waals surface area (Å²) in [5.74, 6) is 0. The maximum absolute atomic E-state index is 11.0. The minimum atomic E-state index is 0.0843. The van der Waals surface area contributed by atoms with E-state index in [4.69, 9.17) is 0 Å². The Hall–Kier alpha value is -16.6. The Balaban J connectivity index is 0.000000147. The standard InChI is InChI=1S/C52H27N7.C46H22N6S/c53-28-33-26-32(22-23-43(33)58-44-18-8-4-14-36(44)37-15-5-9-19-45(37)58)40-27-34(29-54)52(42(31-56)41(40)30-55)59-47-21-11-7-17-39(47)51-49(59)25-24-48-50(51)38-16-6-10-20-46(38)57(48)35-12-2-1-3-13-35;47-23-27-21-42(51-38-13-5-1-9-31(38)32-10-2-6-14-39(32)51)29(25-49)19-36(27)37-20-30(26-50)43(22-28(37)24-48)52-40-15-7-3-12-35(40)45-41(52)18-17-34-33-11-4-8-16-44(33)53-46(34)45/h1-27H;1-22H. The van der Waals surface area contributed by atoms with Crippen LogP contribution in [0.3, 0.4) is 0 Å². The Labute approximate surface area is 642 Å². The zero-order valence-electron chi connectivity index (χ0n) is 59.0. The van der Waals surface area contributed by atoms with Gasteiger partial charge in [0.25, 0.3) is 0 Å². The fourth-order valence-corrected chi connectivity index (χ4v) is 18.5. The molecule has 0 spiro atoms. The highest BCUT2D eigenvalue weighted by Crippen LogP contribution is 2.48. The third-order valence-corrected chi connectivity index (χ3v) is 23.1. The molecule has 15 aromatic carbocycles. The molecule has 0 saturated heterocycles. The van der Waals surface area contributed by atoms with Gasteiger partial charge in [0.1, 0.15) is 36.4 Å². The van der Waals surface area contributed by atoms with Crippen LogP contribution >= 0.6 is 11.3 Å². The molecule has 21 rings (SSSR count). The fourth-order valence-electron chi connectivity index (χ4n) is 17.3. The quantitative estimate of drug-likeness (QED) is 0.149. The molecule has 0 aliphatic carbocycles. The van der Waals surface area contributed by atoms with Crippen LogP contribution in [0.4, 0.5) is 0 Å². The lowest BCUT2D eigenvalue weighted by Gasteiger charge is -2.17. The summed E-state index contributed by atoms with van der Waals surface area (Å²) in [5.41, 5.74) is 16.4. The van der Waals surface area contributed by atoms with Crippen molar-refractivity contribution in [2.45, 2.75) is 0 Å². The van der Waals surface area contributed by atoms with Crippen LogP contribution in [0.5, 0.6) is 0 Å². The number of rotatable bonds is 7. The molecule has 0 amide bonds. The Morgan fingerprint density at radius 1 is 0.223 bits per heavy atom. The lowest BCUT2D eigenvalue weighted by atomic mass is 9.91. The number of nitriles is 8. The first-order valence-electron chi connectivity index (χ1n) is 36.0. The summed E-state index contributed by atoms with van der Waals surface area (Å²) >= 11 is 1.75. The molecule has 6 aromatic heterocycles. The normalized spacial score (nSPS) is 11.3. The van der Waals surface area contributed by atoms with Crippen molar-refractivity contribution in [3.05, 3.63) is 342 Å². The predicted molar refractivity (Wildman–Crippen MR) is 446 cm³/mol. The van der Waals surface area contributed by atoms with Gasteiger partial charge in [-0.3, -0.25) is 0 Å².